The summed E-state index contributed by atoms with van der Waals surface area (Å²) in [4.78, 5) is 11.2. The first-order valence-corrected chi connectivity index (χ1v) is 4.96. The molecule has 4 heteroatoms. The summed E-state index contributed by atoms with van der Waals surface area (Å²) in [6.07, 6.45) is 4.64. The first-order valence-electron chi connectivity index (χ1n) is 4.42. The van der Waals surface area contributed by atoms with Crippen molar-refractivity contribution in [3.8, 4) is 0 Å². The lowest BCUT2D eigenvalue weighted by Gasteiger charge is -2.01. The van der Waals surface area contributed by atoms with Crippen LogP contribution in [0.25, 0.3) is 0 Å². The van der Waals surface area contributed by atoms with Crippen molar-refractivity contribution in [2.75, 3.05) is 5.88 Å². The van der Waals surface area contributed by atoms with Gasteiger partial charge in [-0.1, -0.05) is 6.42 Å². The van der Waals surface area contributed by atoms with Gasteiger partial charge in [0.2, 0.25) is 0 Å². The monoisotopic (exact) mass is 200 g/mol. The van der Waals surface area contributed by atoms with Crippen molar-refractivity contribution in [2.24, 2.45) is 0 Å². The third-order valence-corrected chi connectivity index (χ3v) is 2.06. The average molecular weight is 201 g/mol. The second kappa shape index (κ2) is 5.75. The van der Waals surface area contributed by atoms with Gasteiger partial charge in [0.1, 0.15) is 0 Å². The Balaban J connectivity index is 2.37. The molecule has 0 fully saturated rings. The standard InChI is InChI=1S/C9H13ClN2O/c10-6-2-1-3-8-12-9(13)5-4-7-11-12/h4-5,7H,1-3,6,8H2. The minimum absolute atomic E-state index is 0.0339. The zero-order valence-corrected chi connectivity index (χ0v) is 8.20. The molecule has 1 aromatic rings. The summed E-state index contributed by atoms with van der Waals surface area (Å²) in [5, 5.41) is 3.95. The Morgan fingerprint density at radius 1 is 1.38 bits per heavy atom. The molecular formula is C9H13ClN2O. The Bertz CT molecular complexity index is 298. The van der Waals surface area contributed by atoms with Gasteiger partial charge < -0.3 is 0 Å². The molecule has 0 bridgehead atoms. The van der Waals surface area contributed by atoms with Crippen LogP contribution in [0, 0.1) is 0 Å². The third kappa shape index (κ3) is 3.59. The zero-order valence-electron chi connectivity index (χ0n) is 7.45. The molecule has 72 valence electrons. The highest BCUT2D eigenvalue weighted by Crippen LogP contribution is 1.97. The predicted octanol–water partition coefficient (Wildman–Crippen LogP) is 1.65. The van der Waals surface area contributed by atoms with Crippen LogP contribution in [0.2, 0.25) is 0 Å². The summed E-state index contributed by atoms with van der Waals surface area (Å²) < 4.78 is 1.48. The number of aromatic nitrogens is 2. The lowest BCUT2D eigenvalue weighted by atomic mass is 10.2. The maximum absolute atomic E-state index is 11.2. The molecule has 0 radical (unpaired) electrons. The van der Waals surface area contributed by atoms with Gasteiger partial charge in [-0.3, -0.25) is 4.79 Å². The van der Waals surface area contributed by atoms with E-state index in [1.165, 1.54) is 10.7 Å². The molecule has 0 unspecified atom stereocenters. The highest BCUT2D eigenvalue weighted by Gasteiger charge is 1.94. The maximum Gasteiger partial charge on any atom is 0.266 e. The van der Waals surface area contributed by atoms with E-state index in [0.717, 1.165) is 19.3 Å². The number of rotatable bonds is 5. The molecular weight excluding hydrogens is 188 g/mol. The fourth-order valence-electron chi connectivity index (χ4n) is 1.09. The SMILES string of the molecule is O=c1cccnn1CCCCCCl. The Morgan fingerprint density at radius 3 is 2.92 bits per heavy atom. The second-order valence-corrected chi connectivity index (χ2v) is 3.21. The summed E-state index contributed by atoms with van der Waals surface area (Å²) in [5.41, 5.74) is -0.0339. The van der Waals surface area contributed by atoms with Crippen molar-refractivity contribution in [2.45, 2.75) is 25.8 Å². The van der Waals surface area contributed by atoms with Crippen LogP contribution in [0.4, 0.5) is 0 Å². The maximum atomic E-state index is 11.2. The van der Waals surface area contributed by atoms with E-state index in [0.29, 0.717) is 12.4 Å². The number of hydrogen-bond acceptors (Lipinski definition) is 2. The highest BCUT2D eigenvalue weighted by molar-refractivity contribution is 6.17. The fraction of sp³-hybridized carbons (Fsp3) is 0.556. The number of aryl methyl sites for hydroxylation is 1. The Hall–Kier alpha value is -0.830. The average Bonchev–Trinajstić information content (AvgIpc) is 2.15. The quantitative estimate of drug-likeness (QED) is 0.535. The van der Waals surface area contributed by atoms with Gasteiger partial charge in [-0.2, -0.15) is 5.10 Å². The molecule has 0 spiro atoms. The topological polar surface area (TPSA) is 34.9 Å². The molecule has 0 N–H and O–H groups in total. The molecule has 0 aliphatic carbocycles. The molecule has 0 amide bonds. The van der Waals surface area contributed by atoms with Crippen LogP contribution in [0.5, 0.6) is 0 Å². The molecule has 0 saturated heterocycles. The van der Waals surface area contributed by atoms with Gasteiger partial charge in [0.05, 0.1) is 0 Å². The van der Waals surface area contributed by atoms with Gasteiger partial charge in [0.25, 0.3) is 5.56 Å². The van der Waals surface area contributed by atoms with Crippen molar-refractivity contribution in [1.29, 1.82) is 0 Å². The van der Waals surface area contributed by atoms with Crippen molar-refractivity contribution in [3.63, 3.8) is 0 Å². The van der Waals surface area contributed by atoms with Crippen LogP contribution in [-0.2, 0) is 6.54 Å². The molecule has 0 aliphatic heterocycles. The van der Waals surface area contributed by atoms with Crippen molar-refractivity contribution < 1.29 is 0 Å². The molecule has 0 aromatic carbocycles. The molecule has 0 saturated carbocycles. The summed E-state index contributed by atoms with van der Waals surface area (Å²) in [6, 6.07) is 3.17. The Labute approximate surface area is 82.3 Å². The van der Waals surface area contributed by atoms with Crippen molar-refractivity contribution in [1.82, 2.24) is 9.78 Å². The summed E-state index contributed by atoms with van der Waals surface area (Å²) >= 11 is 5.53. The lowest BCUT2D eigenvalue weighted by molar-refractivity contribution is 0.529. The van der Waals surface area contributed by atoms with Gasteiger partial charge in [-0.25, -0.2) is 4.68 Å². The predicted molar refractivity (Wildman–Crippen MR) is 53.1 cm³/mol. The smallest absolute Gasteiger partial charge is 0.266 e. The van der Waals surface area contributed by atoms with Crippen LogP contribution in [0.15, 0.2) is 23.1 Å². The van der Waals surface area contributed by atoms with Crippen LogP contribution in [-0.4, -0.2) is 15.7 Å². The lowest BCUT2D eigenvalue weighted by Crippen LogP contribution is -2.21. The number of hydrogen-bond donors (Lipinski definition) is 0. The van der Waals surface area contributed by atoms with Crippen molar-refractivity contribution in [3.05, 3.63) is 28.7 Å². The van der Waals surface area contributed by atoms with E-state index in [1.54, 1.807) is 12.3 Å². The highest BCUT2D eigenvalue weighted by atomic mass is 35.5. The van der Waals surface area contributed by atoms with E-state index in [-0.39, 0.29) is 5.56 Å². The van der Waals surface area contributed by atoms with Crippen LogP contribution >= 0.6 is 11.6 Å². The van der Waals surface area contributed by atoms with Gasteiger partial charge in [0, 0.05) is 24.7 Å². The van der Waals surface area contributed by atoms with E-state index in [9.17, 15) is 4.79 Å². The number of alkyl halides is 1. The van der Waals surface area contributed by atoms with E-state index in [2.05, 4.69) is 5.10 Å². The van der Waals surface area contributed by atoms with Crippen LogP contribution in [0.1, 0.15) is 19.3 Å². The molecule has 0 atom stereocenters. The molecule has 0 aliphatic rings. The minimum atomic E-state index is -0.0339. The van der Waals surface area contributed by atoms with Gasteiger partial charge >= 0.3 is 0 Å². The normalized spacial score (nSPS) is 10.2. The minimum Gasteiger partial charge on any atom is -0.268 e. The van der Waals surface area contributed by atoms with E-state index in [4.69, 9.17) is 11.6 Å². The first kappa shape index (κ1) is 10.3. The van der Waals surface area contributed by atoms with Crippen LogP contribution in [0.3, 0.4) is 0 Å². The summed E-state index contributed by atoms with van der Waals surface area (Å²) in [5.74, 6) is 0.692. The number of halogens is 1. The van der Waals surface area contributed by atoms with Gasteiger partial charge in [-0.15, -0.1) is 11.6 Å². The largest absolute Gasteiger partial charge is 0.268 e. The molecule has 3 nitrogen and oxygen atoms in total. The third-order valence-electron chi connectivity index (χ3n) is 1.79. The van der Waals surface area contributed by atoms with E-state index >= 15 is 0 Å². The number of nitrogens with zero attached hydrogens (tertiary/aromatic N) is 2. The molecule has 1 aromatic heterocycles. The zero-order chi connectivity index (χ0) is 9.52. The van der Waals surface area contributed by atoms with Gasteiger partial charge in [-0.05, 0) is 18.9 Å². The Morgan fingerprint density at radius 2 is 2.23 bits per heavy atom. The summed E-state index contributed by atoms with van der Waals surface area (Å²) in [6.45, 7) is 0.691. The first-order chi connectivity index (χ1) is 6.34. The van der Waals surface area contributed by atoms with E-state index in [1.807, 2.05) is 0 Å². The summed E-state index contributed by atoms with van der Waals surface area (Å²) in [7, 11) is 0. The van der Waals surface area contributed by atoms with Gasteiger partial charge in [0.15, 0.2) is 0 Å². The van der Waals surface area contributed by atoms with E-state index < -0.39 is 0 Å². The molecule has 13 heavy (non-hydrogen) atoms. The fourth-order valence-corrected chi connectivity index (χ4v) is 1.28. The molecule has 1 heterocycles. The molecule has 1 rings (SSSR count). The van der Waals surface area contributed by atoms with Crippen molar-refractivity contribution >= 4 is 11.6 Å². The Kier molecular flexibility index (Phi) is 4.54. The number of unbranched alkanes of at least 4 members (excludes halogenated alkanes) is 2. The second-order valence-electron chi connectivity index (χ2n) is 2.83. The van der Waals surface area contributed by atoms with Crippen LogP contribution < -0.4 is 5.56 Å².